The van der Waals surface area contributed by atoms with Crippen LogP contribution in [-0.2, 0) is 10.0 Å². The number of nitrogens with one attached hydrogen (secondary N) is 2. The zero-order valence-electron chi connectivity index (χ0n) is 14.1. The first-order valence-electron chi connectivity index (χ1n) is 8.09. The molecule has 5 nitrogen and oxygen atoms in total. The lowest BCUT2D eigenvalue weighted by molar-refractivity contribution is -0.274. The molecule has 152 valence electrons. The Bertz CT molecular complexity index is 953. The molecule has 0 aromatic heterocycles. The van der Waals surface area contributed by atoms with Gasteiger partial charge in [0.15, 0.2) is 0 Å². The van der Waals surface area contributed by atoms with Crippen molar-refractivity contribution in [1.29, 1.82) is 0 Å². The highest BCUT2D eigenvalue weighted by atomic mass is 35.5. The largest absolute Gasteiger partial charge is 0.573 e. The van der Waals surface area contributed by atoms with E-state index >= 15 is 0 Å². The number of rotatable bonds is 5. The molecule has 2 aromatic rings. The second-order valence-electron chi connectivity index (χ2n) is 6.19. The van der Waals surface area contributed by atoms with Crippen molar-refractivity contribution in [3.05, 3.63) is 58.1 Å². The molecule has 0 radical (unpaired) electrons. The second kappa shape index (κ2) is 8.08. The maximum atomic E-state index is 12.6. The van der Waals surface area contributed by atoms with Gasteiger partial charge in [0.25, 0.3) is 0 Å². The Morgan fingerprint density at radius 2 is 1.71 bits per heavy atom. The van der Waals surface area contributed by atoms with E-state index in [0.29, 0.717) is 23.1 Å². The van der Waals surface area contributed by atoms with Crippen LogP contribution < -0.4 is 14.8 Å². The van der Waals surface area contributed by atoms with Gasteiger partial charge in [-0.2, -0.15) is 0 Å². The van der Waals surface area contributed by atoms with Gasteiger partial charge in [0.1, 0.15) is 5.75 Å². The van der Waals surface area contributed by atoms with E-state index in [1.165, 1.54) is 0 Å². The van der Waals surface area contributed by atoms with Crippen molar-refractivity contribution in [2.24, 2.45) is 0 Å². The molecule has 0 bridgehead atoms. The maximum absolute atomic E-state index is 12.6. The standard InChI is InChI=1S/C17H15Cl2F3N2O3S/c18-14-6-1-10(7-15(14)19)13-8-23-9-16(13)24-28(25,26)12-4-2-11(3-5-12)27-17(20,21)22/h1-7,13,16,23-24H,8-9H2/t13-,16-/m0/s1. The molecule has 28 heavy (non-hydrogen) atoms. The first-order valence-corrected chi connectivity index (χ1v) is 10.3. The summed E-state index contributed by atoms with van der Waals surface area (Å²) in [5, 5.41) is 3.88. The Morgan fingerprint density at radius 3 is 2.32 bits per heavy atom. The molecule has 1 aliphatic heterocycles. The summed E-state index contributed by atoms with van der Waals surface area (Å²) in [5.41, 5.74) is 0.820. The number of hydrogen-bond acceptors (Lipinski definition) is 4. The fraction of sp³-hybridized carbons (Fsp3) is 0.294. The van der Waals surface area contributed by atoms with Gasteiger partial charge < -0.3 is 10.1 Å². The van der Waals surface area contributed by atoms with Crippen molar-refractivity contribution in [2.75, 3.05) is 13.1 Å². The number of ether oxygens (including phenoxy) is 1. The molecule has 11 heteroatoms. The minimum absolute atomic E-state index is 0.165. The van der Waals surface area contributed by atoms with Crippen LogP contribution in [0, 0.1) is 0 Å². The first kappa shape index (κ1) is 21.2. The molecule has 1 aliphatic rings. The van der Waals surface area contributed by atoms with E-state index < -0.39 is 28.2 Å². The molecule has 2 N–H and O–H groups in total. The van der Waals surface area contributed by atoms with E-state index in [4.69, 9.17) is 23.2 Å². The van der Waals surface area contributed by atoms with Crippen LogP contribution in [0.4, 0.5) is 13.2 Å². The molecule has 1 saturated heterocycles. The van der Waals surface area contributed by atoms with Crippen molar-refractivity contribution >= 4 is 33.2 Å². The van der Waals surface area contributed by atoms with Gasteiger partial charge in [0.05, 0.1) is 14.9 Å². The summed E-state index contributed by atoms with van der Waals surface area (Å²) < 4.78 is 68.3. The third-order valence-electron chi connectivity index (χ3n) is 4.26. The smallest absolute Gasteiger partial charge is 0.406 e. The van der Waals surface area contributed by atoms with Crippen LogP contribution >= 0.6 is 23.2 Å². The minimum atomic E-state index is -4.85. The van der Waals surface area contributed by atoms with E-state index in [1.807, 2.05) is 0 Å². The SMILES string of the molecule is O=S(=O)(N[C@H]1CNC[C@H]1c1ccc(Cl)c(Cl)c1)c1ccc(OC(F)(F)F)cc1. The van der Waals surface area contributed by atoms with Crippen LogP contribution in [0.25, 0.3) is 0 Å². The van der Waals surface area contributed by atoms with Gasteiger partial charge >= 0.3 is 6.36 Å². The van der Waals surface area contributed by atoms with E-state index in [9.17, 15) is 21.6 Å². The Kier molecular flexibility index (Phi) is 6.11. The van der Waals surface area contributed by atoms with Gasteiger partial charge in [-0.05, 0) is 42.0 Å². The lowest BCUT2D eigenvalue weighted by atomic mass is 9.95. The van der Waals surface area contributed by atoms with Gasteiger partial charge in [-0.15, -0.1) is 13.2 Å². The van der Waals surface area contributed by atoms with Crippen LogP contribution in [0.3, 0.4) is 0 Å². The monoisotopic (exact) mass is 454 g/mol. The summed E-state index contributed by atoms with van der Waals surface area (Å²) in [7, 11) is -3.95. The number of hydrogen-bond donors (Lipinski definition) is 2. The van der Waals surface area contributed by atoms with E-state index in [2.05, 4.69) is 14.8 Å². The van der Waals surface area contributed by atoms with Crippen LogP contribution in [0.1, 0.15) is 11.5 Å². The van der Waals surface area contributed by atoms with Crippen LogP contribution in [0.2, 0.25) is 10.0 Å². The van der Waals surface area contributed by atoms with Crippen molar-refractivity contribution < 1.29 is 26.3 Å². The molecule has 2 aromatic carbocycles. The third-order valence-corrected chi connectivity index (χ3v) is 6.50. The molecule has 0 aliphatic carbocycles. The van der Waals surface area contributed by atoms with E-state index in [-0.39, 0.29) is 10.8 Å². The van der Waals surface area contributed by atoms with Crippen molar-refractivity contribution in [3.63, 3.8) is 0 Å². The molecule has 0 saturated carbocycles. The van der Waals surface area contributed by atoms with Gasteiger partial charge in [0.2, 0.25) is 10.0 Å². The molecule has 1 heterocycles. The van der Waals surface area contributed by atoms with Crippen LogP contribution in [0.5, 0.6) is 5.75 Å². The molecule has 3 rings (SSSR count). The predicted octanol–water partition coefficient (Wildman–Crippen LogP) is 3.93. The Morgan fingerprint density at radius 1 is 1.04 bits per heavy atom. The zero-order chi connectivity index (χ0) is 20.5. The fourth-order valence-electron chi connectivity index (χ4n) is 2.98. The molecule has 0 spiro atoms. The Labute approximate surface area is 169 Å². The lowest BCUT2D eigenvalue weighted by Crippen LogP contribution is -2.39. The second-order valence-corrected chi connectivity index (χ2v) is 8.71. The molecule has 2 atom stereocenters. The molecular weight excluding hydrogens is 440 g/mol. The summed E-state index contributed by atoms with van der Waals surface area (Å²) in [4.78, 5) is -0.165. The van der Waals surface area contributed by atoms with Crippen LogP contribution in [-0.4, -0.2) is 33.9 Å². The number of alkyl halides is 3. The van der Waals surface area contributed by atoms with E-state index in [0.717, 1.165) is 29.8 Å². The summed E-state index contributed by atoms with van der Waals surface area (Å²) in [6.07, 6.45) is -4.85. The van der Waals surface area contributed by atoms with Gasteiger partial charge in [-0.3, -0.25) is 0 Å². The number of benzene rings is 2. The van der Waals surface area contributed by atoms with Crippen LogP contribution in [0.15, 0.2) is 47.4 Å². The van der Waals surface area contributed by atoms with Crippen molar-refractivity contribution in [1.82, 2.24) is 10.0 Å². The third kappa shape index (κ3) is 5.09. The summed E-state index contributed by atoms with van der Waals surface area (Å²) in [6, 6.07) is 8.65. The predicted molar refractivity (Wildman–Crippen MR) is 99.3 cm³/mol. The Hall–Kier alpha value is -1.52. The highest BCUT2D eigenvalue weighted by Gasteiger charge is 2.33. The molecule has 0 unspecified atom stereocenters. The quantitative estimate of drug-likeness (QED) is 0.718. The van der Waals surface area contributed by atoms with Crippen molar-refractivity contribution in [3.8, 4) is 5.75 Å². The van der Waals surface area contributed by atoms with Crippen molar-refractivity contribution in [2.45, 2.75) is 23.2 Å². The first-order chi connectivity index (χ1) is 13.0. The zero-order valence-corrected chi connectivity index (χ0v) is 16.5. The number of sulfonamides is 1. The maximum Gasteiger partial charge on any atom is 0.573 e. The summed E-state index contributed by atoms with van der Waals surface area (Å²) in [6.45, 7) is 0.920. The normalized spacial score (nSPS) is 20.3. The van der Waals surface area contributed by atoms with Gasteiger partial charge in [0, 0.05) is 25.0 Å². The fourth-order valence-corrected chi connectivity index (χ4v) is 4.57. The average molecular weight is 455 g/mol. The highest BCUT2D eigenvalue weighted by Crippen LogP contribution is 2.30. The number of halogens is 5. The van der Waals surface area contributed by atoms with E-state index in [1.54, 1.807) is 18.2 Å². The summed E-state index contributed by atoms with van der Waals surface area (Å²) in [5.74, 6) is -0.681. The minimum Gasteiger partial charge on any atom is -0.406 e. The highest BCUT2D eigenvalue weighted by molar-refractivity contribution is 7.89. The molecular formula is C17H15Cl2F3N2O3S. The molecule has 1 fully saturated rings. The topological polar surface area (TPSA) is 67.4 Å². The molecule has 0 amide bonds. The van der Waals surface area contributed by atoms with Gasteiger partial charge in [-0.1, -0.05) is 29.3 Å². The van der Waals surface area contributed by atoms with Gasteiger partial charge in [-0.25, -0.2) is 13.1 Å². The average Bonchev–Trinajstić information content (AvgIpc) is 3.04. The summed E-state index contributed by atoms with van der Waals surface area (Å²) >= 11 is 12.0. The Balaban J connectivity index is 1.76. The lowest BCUT2D eigenvalue weighted by Gasteiger charge is -2.21.